The lowest BCUT2D eigenvalue weighted by atomic mass is 10.2. The first-order valence-corrected chi connectivity index (χ1v) is 6.53. The fourth-order valence-corrected chi connectivity index (χ4v) is 2.66. The average Bonchev–Trinajstić information content (AvgIpc) is 2.81. The molecule has 1 aromatic carbocycles. The van der Waals surface area contributed by atoms with Crippen LogP contribution < -0.4 is 5.32 Å². The van der Waals surface area contributed by atoms with Crippen LogP contribution in [0.1, 0.15) is 16.1 Å². The van der Waals surface area contributed by atoms with E-state index in [4.69, 9.17) is 10.2 Å². The summed E-state index contributed by atoms with van der Waals surface area (Å²) in [5, 5.41) is 20.6. The Morgan fingerprint density at radius 3 is 2.50 bits per heavy atom. The van der Waals surface area contributed by atoms with Gasteiger partial charge in [0.15, 0.2) is 0 Å². The lowest BCUT2D eigenvalue weighted by Gasteiger charge is -2.11. The van der Waals surface area contributed by atoms with Crippen LogP contribution in [0, 0.1) is 0 Å². The molecule has 1 heterocycles. The number of amides is 1. The largest absolute Gasteiger partial charge is 0.481 e. The fraction of sp³-hybridized carbons (Fsp3) is 0.154. The van der Waals surface area contributed by atoms with E-state index in [1.165, 1.54) is 11.3 Å². The van der Waals surface area contributed by atoms with Gasteiger partial charge in [-0.1, -0.05) is 18.2 Å². The number of hydrogen-bond donors (Lipinski definition) is 3. The highest BCUT2D eigenvalue weighted by Gasteiger charge is 2.24. The number of hydrogen-bond acceptors (Lipinski definition) is 4. The summed E-state index contributed by atoms with van der Waals surface area (Å²) in [6.07, 6.45) is -0.661. The van der Waals surface area contributed by atoms with E-state index in [1.807, 2.05) is 24.3 Å². The first-order valence-electron chi connectivity index (χ1n) is 5.71. The molecule has 0 aliphatic rings. The maximum atomic E-state index is 12.0. The van der Waals surface area contributed by atoms with Crippen molar-refractivity contribution in [1.82, 2.24) is 5.32 Å². The van der Waals surface area contributed by atoms with E-state index in [0.29, 0.717) is 4.88 Å². The summed E-state index contributed by atoms with van der Waals surface area (Å²) in [5.74, 6) is -3.24. The van der Waals surface area contributed by atoms with Crippen molar-refractivity contribution in [3.63, 3.8) is 0 Å². The predicted molar refractivity (Wildman–Crippen MR) is 73.0 cm³/mol. The number of carboxylic acids is 2. The van der Waals surface area contributed by atoms with Gasteiger partial charge >= 0.3 is 11.9 Å². The number of carbonyl (C=O) groups is 3. The van der Waals surface area contributed by atoms with Gasteiger partial charge in [0.05, 0.1) is 11.3 Å². The van der Waals surface area contributed by atoms with Crippen molar-refractivity contribution < 1.29 is 24.6 Å². The summed E-state index contributed by atoms with van der Waals surface area (Å²) >= 11 is 1.23. The van der Waals surface area contributed by atoms with Crippen LogP contribution >= 0.6 is 11.3 Å². The van der Waals surface area contributed by atoms with Crippen LogP contribution in [0.2, 0.25) is 0 Å². The third kappa shape index (κ3) is 3.12. The third-order valence-electron chi connectivity index (χ3n) is 2.63. The van der Waals surface area contributed by atoms with Gasteiger partial charge in [-0.05, 0) is 17.5 Å². The van der Waals surface area contributed by atoms with Gasteiger partial charge < -0.3 is 15.5 Å². The Morgan fingerprint density at radius 2 is 1.90 bits per heavy atom. The Hall–Kier alpha value is -2.41. The molecule has 2 aromatic rings. The van der Waals surface area contributed by atoms with E-state index in [1.54, 1.807) is 6.07 Å². The lowest BCUT2D eigenvalue weighted by Crippen LogP contribution is -2.41. The molecule has 104 valence electrons. The molecule has 7 heteroatoms. The van der Waals surface area contributed by atoms with Crippen molar-refractivity contribution in [3.05, 3.63) is 35.2 Å². The summed E-state index contributed by atoms with van der Waals surface area (Å²) in [6, 6.07) is 7.57. The molecule has 3 N–H and O–H groups in total. The zero-order valence-corrected chi connectivity index (χ0v) is 11.0. The van der Waals surface area contributed by atoms with Crippen molar-refractivity contribution in [2.75, 3.05) is 0 Å². The number of thiophene rings is 1. The Morgan fingerprint density at radius 1 is 1.20 bits per heavy atom. The minimum atomic E-state index is -1.44. The molecule has 1 amide bonds. The molecule has 1 unspecified atom stereocenters. The average molecular weight is 293 g/mol. The van der Waals surface area contributed by atoms with Gasteiger partial charge in [0.1, 0.15) is 6.04 Å². The van der Waals surface area contributed by atoms with Gasteiger partial charge in [0.25, 0.3) is 5.91 Å². The SMILES string of the molecule is O=C(O)CC(NC(=O)c1cc2ccccc2s1)C(=O)O. The molecule has 1 atom stereocenters. The van der Waals surface area contributed by atoms with E-state index < -0.39 is 30.3 Å². The third-order valence-corrected chi connectivity index (χ3v) is 3.75. The summed E-state index contributed by atoms with van der Waals surface area (Å²) in [7, 11) is 0. The van der Waals surface area contributed by atoms with Gasteiger partial charge in [0, 0.05) is 4.70 Å². The number of carboxylic acid groups (broad SMARTS) is 2. The summed E-state index contributed by atoms with van der Waals surface area (Å²) in [4.78, 5) is 33.8. The molecule has 0 bridgehead atoms. The Kier molecular flexibility index (Phi) is 3.99. The maximum absolute atomic E-state index is 12.0. The molecule has 0 spiro atoms. The van der Waals surface area contributed by atoms with E-state index in [2.05, 4.69) is 5.32 Å². The van der Waals surface area contributed by atoms with Crippen LogP contribution in [0.15, 0.2) is 30.3 Å². The molecule has 0 radical (unpaired) electrons. The van der Waals surface area contributed by atoms with Crippen molar-refractivity contribution in [3.8, 4) is 0 Å². The lowest BCUT2D eigenvalue weighted by molar-refractivity contribution is -0.145. The number of carbonyl (C=O) groups excluding carboxylic acids is 1. The second-order valence-corrected chi connectivity index (χ2v) is 5.19. The zero-order valence-electron chi connectivity index (χ0n) is 10.2. The monoisotopic (exact) mass is 293 g/mol. The molecule has 1 aromatic heterocycles. The number of nitrogens with one attached hydrogen (secondary N) is 1. The maximum Gasteiger partial charge on any atom is 0.326 e. The zero-order chi connectivity index (χ0) is 14.7. The first-order chi connectivity index (χ1) is 9.47. The van der Waals surface area contributed by atoms with E-state index in [9.17, 15) is 14.4 Å². The second-order valence-electron chi connectivity index (χ2n) is 4.11. The summed E-state index contributed by atoms with van der Waals surface area (Å²) < 4.78 is 0.905. The van der Waals surface area contributed by atoms with Crippen LogP contribution in [-0.2, 0) is 9.59 Å². The predicted octanol–water partition coefficient (Wildman–Crippen LogP) is 1.56. The fourth-order valence-electron chi connectivity index (χ4n) is 1.70. The molecule has 0 saturated carbocycles. The molecule has 20 heavy (non-hydrogen) atoms. The molecule has 6 nitrogen and oxygen atoms in total. The van der Waals surface area contributed by atoms with Crippen molar-refractivity contribution in [2.45, 2.75) is 12.5 Å². The quantitative estimate of drug-likeness (QED) is 0.776. The Bertz CT molecular complexity index is 645. The number of benzene rings is 1. The van der Waals surface area contributed by atoms with Crippen molar-refractivity contribution >= 4 is 39.3 Å². The summed E-state index contributed by atoms with van der Waals surface area (Å²) in [6.45, 7) is 0. The highest BCUT2D eigenvalue weighted by molar-refractivity contribution is 7.20. The van der Waals surface area contributed by atoms with E-state index >= 15 is 0 Å². The van der Waals surface area contributed by atoms with Crippen molar-refractivity contribution in [1.29, 1.82) is 0 Å². The smallest absolute Gasteiger partial charge is 0.326 e. The van der Waals surface area contributed by atoms with Crippen molar-refractivity contribution in [2.24, 2.45) is 0 Å². The Labute approximate surface area is 117 Å². The number of rotatable bonds is 5. The van der Waals surface area contributed by atoms with Crippen LogP contribution in [0.3, 0.4) is 0 Å². The minimum absolute atomic E-state index is 0.350. The molecule has 0 aliphatic carbocycles. The van der Waals surface area contributed by atoms with Crippen LogP contribution in [0.5, 0.6) is 0 Å². The summed E-state index contributed by atoms with van der Waals surface area (Å²) in [5.41, 5.74) is 0. The standard InChI is InChI=1S/C13H11NO5S/c15-11(16)6-8(13(18)19)14-12(17)10-5-7-3-1-2-4-9(7)20-10/h1-5,8H,6H2,(H,14,17)(H,15,16)(H,18,19). The minimum Gasteiger partial charge on any atom is -0.481 e. The first kappa shape index (κ1) is 14.0. The highest BCUT2D eigenvalue weighted by Crippen LogP contribution is 2.25. The molecular weight excluding hydrogens is 282 g/mol. The molecule has 0 fully saturated rings. The van der Waals surface area contributed by atoms with E-state index in [0.717, 1.165) is 10.1 Å². The van der Waals surface area contributed by atoms with Crippen LogP contribution in [-0.4, -0.2) is 34.1 Å². The number of aliphatic carboxylic acids is 2. The van der Waals surface area contributed by atoms with E-state index in [-0.39, 0.29) is 0 Å². The van der Waals surface area contributed by atoms with Crippen LogP contribution in [0.4, 0.5) is 0 Å². The second kappa shape index (κ2) is 5.70. The van der Waals surface area contributed by atoms with Crippen LogP contribution in [0.25, 0.3) is 10.1 Å². The normalized spacial score (nSPS) is 12.0. The van der Waals surface area contributed by atoms with Gasteiger partial charge in [-0.15, -0.1) is 11.3 Å². The molecule has 0 aliphatic heterocycles. The Balaban J connectivity index is 2.17. The van der Waals surface area contributed by atoms with Gasteiger partial charge in [-0.3, -0.25) is 9.59 Å². The van der Waals surface area contributed by atoms with Gasteiger partial charge in [-0.25, -0.2) is 4.79 Å². The molecule has 0 saturated heterocycles. The molecule has 2 rings (SSSR count). The van der Waals surface area contributed by atoms with Gasteiger partial charge in [0.2, 0.25) is 0 Å². The topological polar surface area (TPSA) is 104 Å². The van der Waals surface area contributed by atoms with Gasteiger partial charge in [-0.2, -0.15) is 0 Å². The highest BCUT2D eigenvalue weighted by atomic mass is 32.1. The molecular formula is C13H11NO5S. The number of fused-ring (bicyclic) bond motifs is 1.